The molecule has 8 nitrogen and oxygen atoms in total. The SMILES string of the molecule is CCOC(=O)C(O)C(O)c1ccc([N+](=O)[O-])cn1. The van der Waals surface area contributed by atoms with E-state index in [0.29, 0.717) is 0 Å². The van der Waals surface area contributed by atoms with Crippen molar-refractivity contribution in [3.63, 3.8) is 0 Å². The van der Waals surface area contributed by atoms with E-state index in [1.807, 2.05) is 0 Å². The number of carbonyl (C=O) groups is 1. The second kappa shape index (κ2) is 6.03. The van der Waals surface area contributed by atoms with Crippen molar-refractivity contribution in [2.45, 2.75) is 19.1 Å². The van der Waals surface area contributed by atoms with Gasteiger partial charge < -0.3 is 14.9 Å². The summed E-state index contributed by atoms with van der Waals surface area (Å²) in [6.07, 6.45) is -2.44. The fourth-order valence-electron chi connectivity index (χ4n) is 1.20. The van der Waals surface area contributed by atoms with Crippen molar-refractivity contribution in [3.8, 4) is 0 Å². The first kappa shape index (κ1) is 14.0. The number of nitro groups is 1. The first-order valence-corrected chi connectivity index (χ1v) is 5.10. The molecule has 0 spiro atoms. The average Bonchev–Trinajstić information content (AvgIpc) is 2.37. The quantitative estimate of drug-likeness (QED) is 0.430. The molecule has 0 aliphatic heterocycles. The predicted octanol–water partition coefficient (Wildman–Crippen LogP) is -0.0528. The molecule has 2 N–H and O–H groups in total. The molecule has 2 atom stereocenters. The number of aliphatic hydroxyl groups is 2. The molecule has 0 fully saturated rings. The van der Waals surface area contributed by atoms with Crippen LogP contribution in [0, 0.1) is 10.1 Å². The van der Waals surface area contributed by atoms with E-state index in [2.05, 4.69) is 9.72 Å². The first-order valence-electron chi connectivity index (χ1n) is 5.10. The Morgan fingerprint density at radius 1 is 1.56 bits per heavy atom. The third-order valence-electron chi connectivity index (χ3n) is 2.11. The molecule has 0 aliphatic rings. The number of pyridine rings is 1. The Kier molecular flexibility index (Phi) is 4.69. The maximum Gasteiger partial charge on any atom is 0.338 e. The van der Waals surface area contributed by atoms with E-state index >= 15 is 0 Å². The van der Waals surface area contributed by atoms with E-state index in [4.69, 9.17) is 0 Å². The molecule has 1 aromatic rings. The standard InChI is InChI=1S/C10H12N2O6/c1-2-18-10(15)9(14)8(13)7-4-3-6(5-11-7)12(16)17/h3-5,8-9,13-14H,2H2,1H3. The minimum atomic E-state index is -1.78. The summed E-state index contributed by atoms with van der Waals surface area (Å²) in [5.74, 6) is -0.981. The Balaban J connectivity index is 2.80. The molecule has 98 valence electrons. The number of nitrogens with zero attached hydrogens (tertiary/aromatic N) is 2. The van der Waals surface area contributed by atoms with Gasteiger partial charge >= 0.3 is 5.97 Å². The largest absolute Gasteiger partial charge is 0.464 e. The summed E-state index contributed by atoms with van der Waals surface area (Å²) < 4.78 is 4.52. The van der Waals surface area contributed by atoms with Crippen LogP contribution < -0.4 is 0 Å². The Morgan fingerprint density at radius 3 is 2.67 bits per heavy atom. The average molecular weight is 256 g/mol. The minimum absolute atomic E-state index is 0.0545. The lowest BCUT2D eigenvalue weighted by Gasteiger charge is -2.15. The second-order valence-electron chi connectivity index (χ2n) is 3.34. The first-order chi connectivity index (χ1) is 8.47. The lowest BCUT2D eigenvalue weighted by atomic mass is 10.1. The maximum atomic E-state index is 11.2. The number of carbonyl (C=O) groups excluding carboxylic acids is 1. The Labute approximate surface area is 102 Å². The van der Waals surface area contributed by atoms with E-state index < -0.39 is 23.1 Å². The smallest absolute Gasteiger partial charge is 0.338 e. The number of hydrogen-bond donors (Lipinski definition) is 2. The molecule has 0 radical (unpaired) electrons. The van der Waals surface area contributed by atoms with E-state index in [9.17, 15) is 25.1 Å². The van der Waals surface area contributed by atoms with Crippen LogP contribution in [0.15, 0.2) is 18.3 Å². The Bertz CT molecular complexity index is 432. The van der Waals surface area contributed by atoms with Crippen molar-refractivity contribution in [3.05, 3.63) is 34.1 Å². The number of aliphatic hydroxyl groups excluding tert-OH is 2. The van der Waals surface area contributed by atoms with Gasteiger partial charge in [0.2, 0.25) is 0 Å². The summed E-state index contributed by atoms with van der Waals surface area (Å²) >= 11 is 0. The lowest BCUT2D eigenvalue weighted by molar-refractivity contribution is -0.385. The number of ether oxygens (including phenoxy) is 1. The zero-order valence-electron chi connectivity index (χ0n) is 9.52. The van der Waals surface area contributed by atoms with Crippen LogP contribution in [0.1, 0.15) is 18.7 Å². The van der Waals surface area contributed by atoms with Crippen LogP contribution in [-0.4, -0.2) is 38.8 Å². The van der Waals surface area contributed by atoms with Crippen LogP contribution in [0.25, 0.3) is 0 Å². The van der Waals surface area contributed by atoms with Gasteiger partial charge in [0, 0.05) is 6.07 Å². The highest BCUT2D eigenvalue weighted by molar-refractivity contribution is 5.75. The van der Waals surface area contributed by atoms with Crippen molar-refractivity contribution < 1.29 is 24.7 Å². The number of aromatic nitrogens is 1. The molecular formula is C10H12N2O6. The summed E-state index contributed by atoms with van der Waals surface area (Å²) in [6.45, 7) is 1.62. The van der Waals surface area contributed by atoms with Gasteiger partial charge in [-0.1, -0.05) is 0 Å². The summed E-state index contributed by atoms with van der Waals surface area (Å²) in [5, 5.41) is 29.5. The van der Waals surface area contributed by atoms with Crippen LogP contribution in [-0.2, 0) is 9.53 Å². The van der Waals surface area contributed by atoms with Crippen LogP contribution in [0.4, 0.5) is 5.69 Å². The topological polar surface area (TPSA) is 123 Å². The third-order valence-corrected chi connectivity index (χ3v) is 2.11. The fourth-order valence-corrected chi connectivity index (χ4v) is 1.20. The highest BCUT2D eigenvalue weighted by Gasteiger charge is 2.28. The molecule has 0 aromatic carbocycles. The van der Waals surface area contributed by atoms with E-state index in [1.54, 1.807) is 6.92 Å². The summed E-state index contributed by atoms with van der Waals surface area (Å²) in [5.41, 5.74) is -0.308. The second-order valence-corrected chi connectivity index (χ2v) is 3.34. The monoisotopic (exact) mass is 256 g/mol. The molecule has 0 saturated heterocycles. The van der Waals surface area contributed by atoms with Crippen LogP contribution >= 0.6 is 0 Å². The van der Waals surface area contributed by atoms with Crippen LogP contribution in [0.2, 0.25) is 0 Å². The number of hydrogen-bond acceptors (Lipinski definition) is 7. The zero-order valence-corrected chi connectivity index (χ0v) is 9.52. The van der Waals surface area contributed by atoms with E-state index in [-0.39, 0.29) is 18.0 Å². The highest BCUT2D eigenvalue weighted by atomic mass is 16.6. The molecule has 0 amide bonds. The molecular weight excluding hydrogens is 244 g/mol. The van der Waals surface area contributed by atoms with Crippen molar-refractivity contribution in [2.75, 3.05) is 6.61 Å². The normalized spacial score (nSPS) is 13.7. The number of esters is 1. The Morgan fingerprint density at radius 2 is 2.22 bits per heavy atom. The van der Waals surface area contributed by atoms with Gasteiger partial charge in [-0.25, -0.2) is 4.79 Å². The fraction of sp³-hybridized carbons (Fsp3) is 0.400. The van der Waals surface area contributed by atoms with Gasteiger partial charge in [0.1, 0.15) is 12.3 Å². The maximum absolute atomic E-state index is 11.2. The molecule has 1 aromatic heterocycles. The van der Waals surface area contributed by atoms with Crippen molar-refractivity contribution in [2.24, 2.45) is 0 Å². The molecule has 0 aliphatic carbocycles. The van der Waals surface area contributed by atoms with Crippen molar-refractivity contribution in [1.82, 2.24) is 4.98 Å². The third kappa shape index (κ3) is 3.22. The predicted molar refractivity (Wildman–Crippen MR) is 58.5 cm³/mol. The van der Waals surface area contributed by atoms with Gasteiger partial charge in [-0.05, 0) is 13.0 Å². The summed E-state index contributed by atoms with van der Waals surface area (Å²) in [7, 11) is 0. The van der Waals surface area contributed by atoms with Gasteiger partial charge in [-0.15, -0.1) is 0 Å². The zero-order chi connectivity index (χ0) is 13.7. The molecule has 0 bridgehead atoms. The molecule has 2 unspecified atom stereocenters. The summed E-state index contributed by atoms with van der Waals surface area (Å²) in [6, 6.07) is 2.27. The Hall–Kier alpha value is -2.06. The highest BCUT2D eigenvalue weighted by Crippen LogP contribution is 2.18. The molecule has 1 heterocycles. The van der Waals surface area contributed by atoms with Crippen molar-refractivity contribution in [1.29, 1.82) is 0 Å². The molecule has 18 heavy (non-hydrogen) atoms. The van der Waals surface area contributed by atoms with E-state index in [0.717, 1.165) is 18.3 Å². The van der Waals surface area contributed by atoms with Gasteiger partial charge in [-0.3, -0.25) is 15.1 Å². The van der Waals surface area contributed by atoms with Gasteiger partial charge in [0.25, 0.3) is 5.69 Å². The van der Waals surface area contributed by atoms with Crippen LogP contribution in [0.5, 0.6) is 0 Å². The van der Waals surface area contributed by atoms with Crippen molar-refractivity contribution >= 4 is 11.7 Å². The minimum Gasteiger partial charge on any atom is -0.464 e. The van der Waals surface area contributed by atoms with Gasteiger partial charge in [0.15, 0.2) is 6.10 Å². The van der Waals surface area contributed by atoms with E-state index in [1.165, 1.54) is 0 Å². The van der Waals surface area contributed by atoms with Gasteiger partial charge in [-0.2, -0.15) is 0 Å². The lowest BCUT2D eigenvalue weighted by Crippen LogP contribution is -2.30. The van der Waals surface area contributed by atoms with Crippen LogP contribution in [0.3, 0.4) is 0 Å². The molecule has 8 heteroatoms. The molecule has 1 rings (SSSR count). The summed E-state index contributed by atoms with van der Waals surface area (Å²) in [4.78, 5) is 24.5. The number of rotatable bonds is 5. The van der Waals surface area contributed by atoms with Gasteiger partial charge in [0.05, 0.1) is 17.2 Å². The molecule has 0 saturated carbocycles.